The predicted octanol–water partition coefficient (Wildman–Crippen LogP) is 4.48. The van der Waals surface area contributed by atoms with E-state index in [0.29, 0.717) is 11.1 Å². The lowest BCUT2D eigenvalue weighted by Crippen LogP contribution is -2.16. The number of nitriles is 1. The summed E-state index contributed by atoms with van der Waals surface area (Å²) in [5.74, 6) is -0.190. The Morgan fingerprint density at radius 1 is 1.14 bits per heavy atom. The number of hydrazone groups is 1. The summed E-state index contributed by atoms with van der Waals surface area (Å²) in [5, 5.41) is 13.9. The molecular weight excluding hydrogens is 364 g/mol. The molecule has 0 radical (unpaired) electrons. The molecule has 0 saturated carbocycles. The maximum absolute atomic E-state index is 12.3. The van der Waals surface area contributed by atoms with E-state index in [1.165, 1.54) is 0 Å². The molecule has 1 N–H and O–H groups in total. The molecule has 6 nitrogen and oxygen atoms in total. The zero-order valence-corrected chi connectivity index (χ0v) is 16.0. The summed E-state index contributed by atoms with van der Waals surface area (Å²) >= 11 is 0. The van der Waals surface area contributed by atoms with E-state index in [4.69, 9.17) is 9.68 Å². The summed E-state index contributed by atoms with van der Waals surface area (Å²) in [6.07, 6.45) is 1.61. The van der Waals surface area contributed by atoms with Gasteiger partial charge in [-0.2, -0.15) is 10.4 Å². The number of carbonyl (C=O) groups is 1. The summed E-state index contributed by atoms with van der Waals surface area (Å²) in [6.45, 7) is 3.98. The van der Waals surface area contributed by atoms with Crippen LogP contribution in [0.2, 0.25) is 0 Å². The molecule has 0 saturated heterocycles. The molecule has 0 aliphatic heterocycles. The number of hydrogen-bond donors (Lipinski definition) is 1. The molecule has 0 fully saturated rings. The van der Waals surface area contributed by atoms with Gasteiger partial charge in [-0.25, -0.2) is 5.43 Å². The van der Waals surface area contributed by atoms with E-state index < -0.39 is 5.91 Å². The number of para-hydroxylation sites is 1. The molecule has 4 rings (SSSR count). The van der Waals surface area contributed by atoms with Crippen molar-refractivity contribution in [2.24, 2.45) is 5.10 Å². The van der Waals surface area contributed by atoms with Gasteiger partial charge in [0.2, 0.25) is 0 Å². The first-order chi connectivity index (χ1) is 14.1. The Balaban J connectivity index is 1.52. The standard InChI is InChI=1S/C23H18N4O2/c1-15-11-19(16(2)27(15)20-9-7-17(13-24)8-10-20)14-25-26-23(28)22-12-18-5-3-4-6-21(18)29-22/h3-12,14H,1-2H3,(H,26,28). The summed E-state index contributed by atoms with van der Waals surface area (Å²) in [5.41, 5.74) is 7.64. The van der Waals surface area contributed by atoms with Gasteiger partial charge in [0, 0.05) is 28.0 Å². The van der Waals surface area contributed by atoms with Crippen molar-refractivity contribution >= 4 is 23.1 Å². The van der Waals surface area contributed by atoms with E-state index in [0.717, 1.165) is 28.0 Å². The van der Waals surface area contributed by atoms with Gasteiger partial charge in [-0.05, 0) is 56.3 Å². The van der Waals surface area contributed by atoms with Crippen molar-refractivity contribution < 1.29 is 9.21 Å². The first-order valence-corrected chi connectivity index (χ1v) is 9.08. The third-order valence-corrected chi connectivity index (χ3v) is 4.74. The first kappa shape index (κ1) is 18.3. The lowest BCUT2D eigenvalue weighted by molar-refractivity contribution is 0.0929. The van der Waals surface area contributed by atoms with Gasteiger partial charge in [0.25, 0.3) is 0 Å². The Hall–Kier alpha value is -4.11. The van der Waals surface area contributed by atoms with E-state index >= 15 is 0 Å². The van der Waals surface area contributed by atoms with Crippen molar-refractivity contribution in [3.63, 3.8) is 0 Å². The van der Waals surface area contributed by atoms with Crippen molar-refractivity contribution in [3.05, 3.63) is 88.9 Å². The summed E-state index contributed by atoms with van der Waals surface area (Å²) in [6, 6.07) is 20.6. The molecule has 0 spiro atoms. The molecule has 2 heterocycles. The summed E-state index contributed by atoms with van der Waals surface area (Å²) < 4.78 is 7.62. The van der Waals surface area contributed by atoms with Gasteiger partial charge in [0.05, 0.1) is 17.8 Å². The molecule has 142 valence electrons. The van der Waals surface area contributed by atoms with Gasteiger partial charge in [-0.15, -0.1) is 0 Å². The zero-order valence-electron chi connectivity index (χ0n) is 16.0. The predicted molar refractivity (Wildman–Crippen MR) is 111 cm³/mol. The normalized spacial score (nSPS) is 11.1. The van der Waals surface area contributed by atoms with Crippen LogP contribution in [0.3, 0.4) is 0 Å². The Kier molecular flexibility index (Phi) is 4.71. The van der Waals surface area contributed by atoms with Gasteiger partial charge in [-0.3, -0.25) is 4.79 Å². The maximum atomic E-state index is 12.3. The molecule has 4 aromatic rings. The quantitative estimate of drug-likeness (QED) is 0.417. The van der Waals surface area contributed by atoms with Crippen LogP contribution < -0.4 is 5.43 Å². The fraction of sp³-hybridized carbons (Fsp3) is 0.0870. The van der Waals surface area contributed by atoms with E-state index in [-0.39, 0.29) is 5.76 Å². The Bertz CT molecular complexity index is 1240. The van der Waals surface area contributed by atoms with Crippen LogP contribution in [-0.2, 0) is 0 Å². The van der Waals surface area contributed by atoms with Crippen molar-refractivity contribution in [1.29, 1.82) is 5.26 Å². The highest BCUT2D eigenvalue weighted by Gasteiger charge is 2.12. The minimum absolute atomic E-state index is 0.214. The number of hydrogen-bond acceptors (Lipinski definition) is 4. The summed E-state index contributed by atoms with van der Waals surface area (Å²) in [7, 11) is 0. The Labute approximate surface area is 167 Å². The Morgan fingerprint density at radius 2 is 1.90 bits per heavy atom. The molecule has 29 heavy (non-hydrogen) atoms. The lowest BCUT2D eigenvalue weighted by atomic mass is 10.2. The fourth-order valence-corrected chi connectivity index (χ4v) is 3.31. The molecule has 0 bridgehead atoms. The fourth-order valence-electron chi connectivity index (χ4n) is 3.31. The highest BCUT2D eigenvalue weighted by atomic mass is 16.3. The number of rotatable bonds is 4. The van der Waals surface area contributed by atoms with Crippen LogP contribution >= 0.6 is 0 Å². The van der Waals surface area contributed by atoms with Gasteiger partial charge in [0.15, 0.2) is 5.76 Å². The maximum Gasteiger partial charge on any atom is 0.307 e. The summed E-state index contributed by atoms with van der Waals surface area (Å²) in [4.78, 5) is 12.3. The molecule has 2 aromatic heterocycles. The minimum Gasteiger partial charge on any atom is -0.451 e. The molecule has 0 aliphatic rings. The average molecular weight is 382 g/mol. The lowest BCUT2D eigenvalue weighted by Gasteiger charge is -2.09. The van der Waals surface area contributed by atoms with Crippen LogP contribution in [0.1, 0.15) is 33.1 Å². The largest absolute Gasteiger partial charge is 0.451 e. The van der Waals surface area contributed by atoms with Crippen LogP contribution in [0.15, 0.2) is 70.2 Å². The molecule has 0 aliphatic carbocycles. The van der Waals surface area contributed by atoms with Crippen LogP contribution in [0.5, 0.6) is 0 Å². The number of aryl methyl sites for hydroxylation is 1. The van der Waals surface area contributed by atoms with E-state index in [2.05, 4.69) is 21.2 Å². The molecule has 0 atom stereocenters. The van der Waals surface area contributed by atoms with Crippen molar-refractivity contribution in [1.82, 2.24) is 9.99 Å². The van der Waals surface area contributed by atoms with Crippen LogP contribution in [0, 0.1) is 25.2 Å². The van der Waals surface area contributed by atoms with Gasteiger partial charge in [-0.1, -0.05) is 18.2 Å². The third kappa shape index (κ3) is 3.54. The molecular formula is C23H18N4O2. The number of nitrogens with zero attached hydrogens (tertiary/aromatic N) is 3. The van der Waals surface area contributed by atoms with Crippen LogP contribution in [-0.4, -0.2) is 16.7 Å². The highest BCUT2D eigenvalue weighted by molar-refractivity contribution is 5.96. The number of fused-ring (bicyclic) bond motifs is 1. The van der Waals surface area contributed by atoms with E-state index in [9.17, 15) is 4.79 Å². The highest BCUT2D eigenvalue weighted by Crippen LogP contribution is 2.21. The second-order valence-electron chi connectivity index (χ2n) is 6.67. The topological polar surface area (TPSA) is 83.3 Å². The molecule has 1 amide bonds. The number of nitrogens with one attached hydrogen (secondary N) is 1. The molecule has 2 aromatic carbocycles. The molecule has 0 unspecified atom stereocenters. The minimum atomic E-state index is -0.404. The van der Waals surface area contributed by atoms with Crippen LogP contribution in [0.25, 0.3) is 16.7 Å². The van der Waals surface area contributed by atoms with E-state index in [1.54, 1.807) is 24.4 Å². The second kappa shape index (κ2) is 7.49. The number of amides is 1. The van der Waals surface area contributed by atoms with E-state index in [1.807, 2.05) is 56.3 Å². The second-order valence-corrected chi connectivity index (χ2v) is 6.67. The van der Waals surface area contributed by atoms with Crippen molar-refractivity contribution in [2.45, 2.75) is 13.8 Å². The zero-order chi connectivity index (χ0) is 20.4. The van der Waals surface area contributed by atoms with Gasteiger partial charge >= 0.3 is 5.91 Å². The molecule has 6 heteroatoms. The van der Waals surface area contributed by atoms with Crippen molar-refractivity contribution in [3.8, 4) is 11.8 Å². The number of benzene rings is 2. The Morgan fingerprint density at radius 3 is 2.62 bits per heavy atom. The number of furan rings is 1. The van der Waals surface area contributed by atoms with Gasteiger partial charge in [0.1, 0.15) is 5.58 Å². The SMILES string of the molecule is Cc1cc(C=NNC(=O)c2cc3ccccc3o2)c(C)n1-c1ccc(C#N)cc1. The van der Waals surface area contributed by atoms with Crippen molar-refractivity contribution in [2.75, 3.05) is 0 Å². The number of carbonyl (C=O) groups excluding carboxylic acids is 1. The smallest absolute Gasteiger partial charge is 0.307 e. The number of aromatic nitrogens is 1. The third-order valence-electron chi connectivity index (χ3n) is 4.74. The first-order valence-electron chi connectivity index (χ1n) is 9.08. The van der Waals surface area contributed by atoms with Crippen LogP contribution in [0.4, 0.5) is 0 Å². The average Bonchev–Trinajstić information content (AvgIpc) is 3.29. The monoisotopic (exact) mass is 382 g/mol. The van der Waals surface area contributed by atoms with Gasteiger partial charge < -0.3 is 8.98 Å².